The van der Waals surface area contributed by atoms with Gasteiger partial charge in [-0.3, -0.25) is 19.5 Å². The average molecular weight is 1670 g/mol. The van der Waals surface area contributed by atoms with Gasteiger partial charge in [0.1, 0.15) is 48.7 Å². The lowest BCUT2D eigenvalue weighted by atomic mass is 9.98. The van der Waals surface area contributed by atoms with E-state index in [2.05, 4.69) is 40.1 Å². The maximum Gasteiger partial charge on any atom is 0.413 e. The molecular weight excluding hydrogens is 1520 g/mol. The van der Waals surface area contributed by atoms with Gasteiger partial charge in [0, 0.05) is 43.4 Å². The van der Waals surface area contributed by atoms with Crippen LogP contribution in [0.25, 0.3) is 11.1 Å². The fraction of sp³-hybridized carbons (Fsp3) is 0.604. The zero-order chi connectivity index (χ0) is 86.0. The number of alkyl carbamates (subject to hydrolysis) is 2. The fourth-order valence-electron chi connectivity index (χ4n) is 15.8. The standard InChI is InChI=1S/C101H149N7O13/c1-6-8-10-12-14-16-18-20-22-24-26-28-30-32-34-36-38-40-42-56-74-116-84-68-67-83(91(76-84)117-75-57-43-41-39-37-35-33-31-29-27-25-23-21-19-17-15-13-11-9-7-2)79-118-96(111)90(66-54-55-70-102-99(114)121-101(3,4)5)104-93(109)77-107(73-71-103-98(113)119-80-89-87-64-52-50-62-85(87)86-63-51-53-65-88(86)89)94(110)78-108-72-69-92(105-97(108)112)106-100(115)120-95(81-58-46-44-47-59-81)82-60-48-45-49-61-82/h44-53,58-65,67-69,72,76,89-90,95H,6-43,54-57,66,70-71,73-75,77-80H2,1-5H3,(H,102,114)(H,103,113)(H,104,109)(H,105,106,112,115)/t90-/m0/s1. The van der Waals surface area contributed by atoms with Gasteiger partial charge in [-0.15, -0.1) is 0 Å². The number of nitrogens with zero attached hydrogens (tertiary/aromatic N) is 3. The third kappa shape index (κ3) is 41.5. The highest BCUT2D eigenvalue weighted by Crippen LogP contribution is 2.45. The summed E-state index contributed by atoms with van der Waals surface area (Å²) in [5.41, 5.74) is 4.63. The number of esters is 1. The van der Waals surface area contributed by atoms with Crippen molar-refractivity contribution in [3.63, 3.8) is 0 Å². The zero-order valence-electron chi connectivity index (χ0n) is 74.4. The Hall–Kier alpha value is -9.20. The highest BCUT2D eigenvalue weighted by atomic mass is 16.6. The predicted molar refractivity (Wildman–Crippen MR) is 486 cm³/mol. The van der Waals surface area contributed by atoms with Crippen LogP contribution in [0.5, 0.6) is 11.5 Å². The van der Waals surface area contributed by atoms with Crippen molar-refractivity contribution in [3.8, 4) is 22.6 Å². The lowest BCUT2D eigenvalue weighted by Gasteiger charge is -2.25. The normalized spacial score (nSPS) is 12.0. The van der Waals surface area contributed by atoms with Crippen molar-refractivity contribution in [3.05, 3.63) is 178 Å². The molecule has 1 aromatic heterocycles. The van der Waals surface area contributed by atoms with Crippen LogP contribution in [-0.2, 0) is 46.5 Å². The summed E-state index contributed by atoms with van der Waals surface area (Å²) >= 11 is 0. The molecule has 1 atom stereocenters. The number of anilines is 1. The zero-order valence-corrected chi connectivity index (χ0v) is 74.4. The fourth-order valence-corrected chi connectivity index (χ4v) is 15.8. The van der Waals surface area contributed by atoms with E-state index in [9.17, 15) is 33.6 Å². The van der Waals surface area contributed by atoms with Crippen molar-refractivity contribution in [2.24, 2.45) is 0 Å². The van der Waals surface area contributed by atoms with E-state index in [0.29, 0.717) is 43.1 Å². The van der Waals surface area contributed by atoms with Crippen LogP contribution in [0.15, 0.2) is 144 Å². The quantitative estimate of drug-likeness (QED) is 0.0158. The summed E-state index contributed by atoms with van der Waals surface area (Å²) in [6, 6.07) is 40.1. The molecule has 5 amide bonds. The molecule has 121 heavy (non-hydrogen) atoms. The summed E-state index contributed by atoms with van der Waals surface area (Å²) in [7, 11) is 0. The van der Waals surface area contributed by atoms with Crippen LogP contribution in [0.1, 0.15) is 351 Å². The van der Waals surface area contributed by atoms with Crippen LogP contribution in [0, 0.1) is 0 Å². The summed E-state index contributed by atoms with van der Waals surface area (Å²) in [5.74, 6) is -1.35. The second-order valence-electron chi connectivity index (χ2n) is 34.1. The van der Waals surface area contributed by atoms with Gasteiger partial charge < -0.3 is 49.3 Å². The number of rotatable bonds is 66. The first-order chi connectivity index (χ1) is 59.1. The number of benzene rings is 5. The van der Waals surface area contributed by atoms with Gasteiger partial charge in [-0.05, 0) is 104 Å². The molecule has 0 bridgehead atoms. The molecule has 7 rings (SSSR count). The smallest absolute Gasteiger partial charge is 0.413 e. The van der Waals surface area contributed by atoms with Crippen LogP contribution in [-0.4, -0.2) is 108 Å². The molecule has 4 N–H and O–H groups in total. The van der Waals surface area contributed by atoms with Crippen LogP contribution in [0.2, 0.25) is 0 Å². The number of ether oxygens (including phenoxy) is 6. The van der Waals surface area contributed by atoms with Gasteiger partial charge in [-0.25, -0.2) is 24.0 Å². The molecule has 0 spiro atoms. The van der Waals surface area contributed by atoms with Crippen LogP contribution in [0.4, 0.5) is 20.2 Å². The van der Waals surface area contributed by atoms with Crippen LogP contribution < -0.4 is 36.4 Å². The Kier molecular flexibility index (Phi) is 49.3. The van der Waals surface area contributed by atoms with Crippen molar-refractivity contribution < 1.29 is 57.2 Å². The van der Waals surface area contributed by atoms with Gasteiger partial charge in [0.15, 0.2) is 6.10 Å². The topological polar surface area (TPSA) is 244 Å². The largest absolute Gasteiger partial charge is 0.493 e. The van der Waals surface area contributed by atoms with E-state index in [-0.39, 0.29) is 51.0 Å². The number of aromatic nitrogens is 2. The monoisotopic (exact) mass is 1670 g/mol. The Morgan fingerprint density at radius 3 is 1.41 bits per heavy atom. The second-order valence-corrected chi connectivity index (χ2v) is 34.1. The molecule has 0 saturated carbocycles. The number of hydrogen-bond acceptors (Lipinski definition) is 14. The Morgan fingerprint density at radius 1 is 0.479 bits per heavy atom. The molecule has 0 radical (unpaired) electrons. The molecule has 1 heterocycles. The lowest BCUT2D eigenvalue weighted by Crippen LogP contribution is -2.49. The average Bonchev–Trinajstić information content (AvgIpc) is 1.61. The molecule has 0 aliphatic heterocycles. The van der Waals surface area contributed by atoms with Crippen molar-refractivity contribution in [1.29, 1.82) is 0 Å². The van der Waals surface area contributed by atoms with Crippen LogP contribution in [0.3, 0.4) is 0 Å². The summed E-state index contributed by atoms with van der Waals surface area (Å²) < 4.78 is 37.2. The summed E-state index contributed by atoms with van der Waals surface area (Å²) in [6.07, 6.45) is 51.3. The van der Waals surface area contributed by atoms with Gasteiger partial charge >= 0.3 is 29.9 Å². The minimum absolute atomic E-state index is 0.0338. The summed E-state index contributed by atoms with van der Waals surface area (Å²) in [6.45, 7) is 9.33. The van der Waals surface area contributed by atoms with E-state index < -0.39 is 72.6 Å². The minimum Gasteiger partial charge on any atom is -0.493 e. The third-order valence-electron chi connectivity index (χ3n) is 22.7. The highest BCUT2D eigenvalue weighted by Gasteiger charge is 2.31. The molecular formula is C101H149N7O13. The van der Waals surface area contributed by atoms with E-state index in [1.165, 1.54) is 237 Å². The molecule has 0 saturated heterocycles. The number of amides is 5. The van der Waals surface area contributed by atoms with Gasteiger partial charge in [0.25, 0.3) is 0 Å². The first-order valence-electron chi connectivity index (χ1n) is 46.9. The van der Waals surface area contributed by atoms with E-state index in [1.807, 2.05) is 127 Å². The van der Waals surface area contributed by atoms with E-state index in [0.717, 1.165) is 75.0 Å². The van der Waals surface area contributed by atoms with E-state index in [4.69, 9.17) is 28.4 Å². The number of carbonyl (C=O) groups excluding carboxylic acids is 6. The summed E-state index contributed by atoms with van der Waals surface area (Å²) in [5, 5.41) is 10.9. The molecule has 6 aromatic rings. The van der Waals surface area contributed by atoms with Crippen molar-refractivity contribution in [2.75, 3.05) is 51.3 Å². The van der Waals surface area contributed by atoms with Crippen molar-refractivity contribution in [2.45, 2.75) is 348 Å². The predicted octanol–water partition coefficient (Wildman–Crippen LogP) is 24.3. The van der Waals surface area contributed by atoms with Gasteiger partial charge in [-0.2, -0.15) is 4.98 Å². The number of fused-ring (bicyclic) bond motifs is 3. The Balaban J connectivity index is 0.967. The molecule has 0 unspecified atom stereocenters. The summed E-state index contributed by atoms with van der Waals surface area (Å²) in [4.78, 5) is 103. The molecule has 0 fully saturated rings. The molecule has 5 aromatic carbocycles. The van der Waals surface area contributed by atoms with E-state index >= 15 is 0 Å². The van der Waals surface area contributed by atoms with E-state index in [1.54, 1.807) is 20.8 Å². The number of carbonyl (C=O) groups is 6. The van der Waals surface area contributed by atoms with Crippen molar-refractivity contribution >= 4 is 41.9 Å². The third-order valence-corrected chi connectivity index (χ3v) is 22.7. The highest BCUT2D eigenvalue weighted by molar-refractivity contribution is 5.89. The lowest BCUT2D eigenvalue weighted by molar-refractivity contribution is -0.149. The first kappa shape index (κ1) is 98.9. The first-order valence-corrected chi connectivity index (χ1v) is 46.9. The van der Waals surface area contributed by atoms with Crippen molar-refractivity contribution in [1.82, 2.24) is 30.4 Å². The minimum atomic E-state index is -1.23. The molecule has 1 aliphatic carbocycles. The molecule has 20 nitrogen and oxygen atoms in total. The van der Waals surface area contributed by atoms with Gasteiger partial charge in [0.05, 0.1) is 19.8 Å². The Bertz CT molecular complexity index is 3840. The molecule has 666 valence electrons. The molecule has 1 aliphatic rings. The Morgan fingerprint density at radius 2 is 0.934 bits per heavy atom. The number of hydrogen-bond donors (Lipinski definition) is 4. The Labute approximate surface area is 725 Å². The molecule has 20 heteroatoms. The SMILES string of the molecule is CCCCCCCCCCCCCCCCCCCCCCOc1ccc(COC(=O)[C@H](CCCCNC(=O)OC(C)(C)C)NC(=O)CN(CCNC(=O)OCC2c3ccccc3-c3ccccc32)C(=O)Cn2ccc(NC(=O)OC(c3ccccc3)c3ccccc3)nc2=O)c(OCCCCCCCCCCCCCCCCCCCCCC)c1. The maximum atomic E-state index is 14.6. The number of nitrogens with one attached hydrogen (secondary N) is 4. The van der Waals surface area contributed by atoms with Gasteiger partial charge in [-0.1, -0.05) is 367 Å². The van der Waals surface area contributed by atoms with Gasteiger partial charge in [0.2, 0.25) is 11.8 Å². The van der Waals surface area contributed by atoms with Crippen LogP contribution >= 0.6 is 0 Å². The number of unbranched alkanes of at least 4 members (excludes halogenated alkanes) is 39. The second kappa shape index (κ2) is 60.3. The maximum absolute atomic E-state index is 14.6.